The molecule has 5 heterocycles. The maximum Gasteiger partial charge on any atom is 0.268 e. The first-order valence-corrected chi connectivity index (χ1v) is 7.63. The van der Waals surface area contributed by atoms with Crippen molar-refractivity contribution in [1.82, 2.24) is 20.4 Å². The van der Waals surface area contributed by atoms with Crippen molar-refractivity contribution in [2.24, 2.45) is 0 Å². The summed E-state index contributed by atoms with van der Waals surface area (Å²) in [6.45, 7) is 3.19. The molecule has 1 N–H and O–H groups in total. The number of rotatable bonds is 2. The highest BCUT2D eigenvalue weighted by molar-refractivity contribution is 7.13. The van der Waals surface area contributed by atoms with Crippen LogP contribution in [0.25, 0.3) is 10.8 Å². The third kappa shape index (κ3) is 2.09. The molecule has 0 saturated carbocycles. The number of hydrogen-bond donors (Lipinski definition) is 1. The molecule has 3 aliphatic rings. The molecule has 2 aromatic heterocycles. The maximum absolute atomic E-state index is 5.40. The van der Waals surface area contributed by atoms with Crippen molar-refractivity contribution in [3.8, 4) is 10.8 Å². The fourth-order valence-electron chi connectivity index (χ4n) is 2.95. The van der Waals surface area contributed by atoms with Gasteiger partial charge in [0.25, 0.3) is 5.89 Å². The van der Waals surface area contributed by atoms with Crippen molar-refractivity contribution in [1.29, 1.82) is 0 Å². The molecule has 100 valence electrons. The van der Waals surface area contributed by atoms with E-state index in [1.807, 2.05) is 17.5 Å². The molecule has 0 aliphatic carbocycles. The van der Waals surface area contributed by atoms with Crippen molar-refractivity contribution >= 4 is 11.3 Å². The van der Waals surface area contributed by atoms with Gasteiger partial charge in [-0.15, -0.1) is 11.3 Å². The monoisotopic (exact) mass is 276 g/mol. The standard InChI is InChI=1S/C13H16N4OS/c1-2-11(19-7-1)13-15-12(16-18-13)10-8-14-9-3-5-17(10)6-4-9/h1-2,7,9-10,14H,3-6,8H2. The van der Waals surface area contributed by atoms with E-state index in [1.165, 1.54) is 12.8 Å². The van der Waals surface area contributed by atoms with Crippen LogP contribution in [0.5, 0.6) is 0 Å². The van der Waals surface area contributed by atoms with Crippen molar-refractivity contribution in [3.05, 3.63) is 23.3 Å². The van der Waals surface area contributed by atoms with E-state index in [1.54, 1.807) is 11.3 Å². The second-order valence-electron chi connectivity index (χ2n) is 5.17. The van der Waals surface area contributed by atoms with E-state index < -0.39 is 0 Å². The summed E-state index contributed by atoms with van der Waals surface area (Å²) in [5, 5.41) is 9.82. The van der Waals surface area contributed by atoms with Gasteiger partial charge in [0.05, 0.1) is 10.9 Å². The van der Waals surface area contributed by atoms with Crippen LogP contribution < -0.4 is 5.32 Å². The number of piperidine rings is 1. The maximum atomic E-state index is 5.40. The Bertz CT molecular complexity index is 545. The minimum absolute atomic E-state index is 0.255. The van der Waals surface area contributed by atoms with Gasteiger partial charge in [0, 0.05) is 25.7 Å². The van der Waals surface area contributed by atoms with Gasteiger partial charge in [0.2, 0.25) is 0 Å². The van der Waals surface area contributed by atoms with E-state index in [-0.39, 0.29) is 6.04 Å². The summed E-state index contributed by atoms with van der Waals surface area (Å²) in [5.74, 6) is 1.46. The molecule has 3 saturated heterocycles. The molecule has 5 nitrogen and oxygen atoms in total. The minimum atomic E-state index is 0.255. The molecule has 2 bridgehead atoms. The second-order valence-corrected chi connectivity index (χ2v) is 6.12. The van der Waals surface area contributed by atoms with Crippen LogP contribution in [0.3, 0.4) is 0 Å². The summed E-state index contributed by atoms with van der Waals surface area (Å²) in [4.78, 5) is 8.10. The van der Waals surface area contributed by atoms with E-state index >= 15 is 0 Å². The van der Waals surface area contributed by atoms with Gasteiger partial charge in [0.1, 0.15) is 0 Å². The number of nitrogens with one attached hydrogen (secondary N) is 1. The van der Waals surface area contributed by atoms with E-state index in [4.69, 9.17) is 4.52 Å². The quantitative estimate of drug-likeness (QED) is 0.908. The van der Waals surface area contributed by atoms with E-state index in [2.05, 4.69) is 20.4 Å². The first kappa shape index (κ1) is 11.6. The average Bonchev–Trinajstić information content (AvgIpc) is 3.05. The zero-order valence-corrected chi connectivity index (χ0v) is 11.4. The zero-order chi connectivity index (χ0) is 12.7. The number of hydrogen-bond acceptors (Lipinski definition) is 6. The second kappa shape index (κ2) is 4.70. The highest BCUT2D eigenvalue weighted by Crippen LogP contribution is 2.29. The topological polar surface area (TPSA) is 54.2 Å². The fourth-order valence-corrected chi connectivity index (χ4v) is 3.59. The Morgan fingerprint density at radius 3 is 3.05 bits per heavy atom. The van der Waals surface area contributed by atoms with Crippen molar-refractivity contribution in [2.75, 3.05) is 19.6 Å². The van der Waals surface area contributed by atoms with Crippen LogP contribution in [-0.2, 0) is 0 Å². The highest BCUT2D eigenvalue weighted by atomic mass is 32.1. The Balaban J connectivity index is 1.62. The summed E-state index contributed by atoms with van der Waals surface area (Å²) in [5.41, 5.74) is 0. The zero-order valence-electron chi connectivity index (χ0n) is 10.6. The highest BCUT2D eigenvalue weighted by Gasteiger charge is 2.33. The molecule has 19 heavy (non-hydrogen) atoms. The van der Waals surface area contributed by atoms with Crippen LogP contribution in [0.2, 0.25) is 0 Å². The molecule has 1 atom stereocenters. The summed E-state index contributed by atoms with van der Waals surface area (Å²) in [7, 11) is 0. The van der Waals surface area contributed by atoms with Crippen LogP contribution in [0.15, 0.2) is 22.0 Å². The summed E-state index contributed by atoms with van der Waals surface area (Å²) < 4.78 is 5.40. The fraction of sp³-hybridized carbons (Fsp3) is 0.538. The molecule has 0 spiro atoms. The molecule has 0 aromatic carbocycles. The van der Waals surface area contributed by atoms with Crippen molar-refractivity contribution in [2.45, 2.75) is 24.9 Å². The molecule has 0 amide bonds. The van der Waals surface area contributed by atoms with Gasteiger partial charge in [-0.05, 0) is 24.3 Å². The van der Waals surface area contributed by atoms with Gasteiger partial charge in [0.15, 0.2) is 5.82 Å². The SMILES string of the molecule is c1csc(-c2nc(C3CNC4CCN3CC4)no2)c1. The van der Waals surface area contributed by atoms with Crippen LogP contribution in [-0.4, -0.2) is 40.7 Å². The van der Waals surface area contributed by atoms with Gasteiger partial charge in [-0.2, -0.15) is 4.98 Å². The van der Waals surface area contributed by atoms with Crippen LogP contribution in [0, 0.1) is 0 Å². The Morgan fingerprint density at radius 2 is 2.26 bits per heavy atom. The molecule has 0 radical (unpaired) electrons. The first-order valence-electron chi connectivity index (χ1n) is 6.75. The van der Waals surface area contributed by atoms with Gasteiger partial charge >= 0.3 is 0 Å². The smallest absolute Gasteiger partial charge is 0.268 e. The molecule has 2 aromatic rings. The molecular weight excluding hydrogens is 260 g/mol. The third-order valence-electron chi connectivity index (χ3n) is 4.04. The normalized spacial score (nSPS) is 30.4. The van der Waals surface area contributed by atoms with Gasteiger partial charge in [-0.3, -0.25) is 4.90 Å². The first-order chi connectivity index (χ1) is 9.40. The van der Waals surface area contributed by atoms with Gasteiger partial charge < -0.3 is 9.84 Å². The van der Waals surface area contributed by atoms with E-state index in [9.17, 15) is 0 Å². The van der Waals surface area contributed by atoms with E-state index in [0.717, 1.165) is 30.3 Å². The largest absolute Gasteiger partial charge is 0.333 e. The summed E-state index contributed by atoms with van der Waals surface area (Å²) in [6, 6.07) is 4.94. The Kier molecular flexibility index (Phi) is 2.86. The lowest BCUT2D eigenvalue weighted by molar-refractivity contribution is 0.180. The van der Waals surface area contributed by atoms with Gasteiger partial charge in [-0.1, -0.05) is 11.2 Å². The van der Waals surface area contributed by atoms with Crippen LogP contribution in [0.4, 0.5) is 0 Å². The minimum Gasteiger partial charge on any atom is -0.333 e. The van der Waals surface area contributed by atoms with Crippen LogP contribution >= 0.6 is 11.3 Å². The molecule has 1 unspecified atom stereocenters. The van der Waals surface area contributed by atoms with Crippen molar-refractivity contribution in [3.63, 3.8) is 0 Å². The lowest BCUT2D eigenvalue weighted by atomic mass is 10.1. The Hall–Kier alpha value is -1.24. The average molecular weight is 276 g/mol. The molecule has 5 rings (SSSR count). The molecular formula is C13H16N4OS. The predicted octanol–water partition coefficient (Wildman–Crippen LogP) is 1.91. The number of nitrogens with zero attached hydrogens (tertiary/aromatic N) is 3. The van der Waals surface area contributed by atoms with E-state index in [0.29, 0.717) is 11.9 Å². The molecule has 3 aliphatic heterocycles. The summed E-state index contributed by atoms with van der Waals surface area (Å²) >= 11 is 1.63. The molecule has 6 heteroatoms. The van der Waals surface area contributed by atoms with Crippen molar-refractivity contribution < 1.29 is 4.52 Å². The predicted molar refractivity (Wildman–Crippen MR) is 72.9 cm³/mol. The number of fused-ring (bicyclic) bond motifs is 4. The Morgan fingerprint density at radius 1 is 1.37 bits per heavy atom. The summed E-state index contributed by atoms with van der Waals surface area (Å²) in [6.07, 6.45) is 2.46. The van der Waals surface area contributed by atoms with Gasteiger partial charge in [-0.25, -0.2) is 0 Å². The number of aromatic nitrogens is 2. The molecule has 3 fully saturated rings. The lowest BCUT2D eigenvalue weighted by Gasteiger charge is -2.29. The number of thiophene rings is 1. The lowest BCUT2D eigenvalue weighted by Crippen LogP contribution is -2.36. The third-order valence-corrected chi connectivity index (χ3v) is 4.90. The van der Waals surface area contributed by atoms with Crippen LogP contribution in [0.1, 0.15) is 24.7 Å². The Labute approximate surface area is 115 Å².